The summed E-state index contributed by atoms with van der Waals surface area (Å²) in [5.41, 5.74) is 0.781. The smallest absolute Gasteiger partial charge is 0.256 e. The van der Waals surface area contributed by atoms with Gasteiger partial charge in [-0.05, 0) is 12.1 Å². The van der Waals surface area contributed by atoms with Crippen LogP contribution in [0.5, 0.6) is 0 Å². The zero-order valence-corrected chi connectivity index (χ0v) is 14.0. The molecule has 140 valence electrons. The number of ether oxygens (including phenoxy) is 1. The van der Waals surface area contributed by atoms with Crippen molar-refractivity contribution < 1.29 is 24.9 Å². The first-order valence-corrected chi connectivity index (χ1v) is 8.27. The summed E-state index contributed by atoms with van der Waals surface area (Å²) < 4.78 is 6.77. The van der Waals surface area contributed by atoms with E-state index in [4.69, 9.17) is 4.74 Å². The summed E-state index contributed by atoms with van der Waals surface area (Å²) in [6.07, 6.45) is -1.81. The second-order valence-corrected chi connectivity index (χ2v) is 6.10. The first-order chi connectivity index (χ1) is 13.1. The maximum Gasteiger partial charge on any atom is 0.256 e. The van der Waals surface area contributed by atoms with E-state index in [1.807, 2.05) is 6.07 Å². The van der Waals surface area contributed by atoms with Crippen LogP contribution < -0.4 is 5.32 Å². The van der Waals surface area contributed by atoms with Gasteiger partial charge in [-0.1, -0.05) is 18.2 Å². The Bertz CT molecular complexity index is 963. The van der Waals surface area contributed by atoms with Gasteiger partial charge < -0.3 is 25.4 Å². The lowest BCUT2D eigenvalue weighted by Gasteiger charge is -2.15. The molecule has 4 N–H and O–H groups in total. The van der Waals surface area contributed by atoms with Crippen LogP contribution >= 0.6 is 0 Å². The molecule has 4 rings (SSSR count). The van der Waals surface area contributed by atoms with Gasteiger partial charge in [0, 0.05) is 5.56 Å². The van der Waals surface area contributed by atoms with E-state index in [0.29, 0.717) is 16.6 Å². The molecule has 3 aromatic rings. The van der Waals surface area contributed by atoms with Crippen molar-refractivity contribution in [1.82, 2.24) is 19.7 Å². The monoisotopic (exact) mass is 371 g/mol. The zero-order chi connectivity index (χ0) is 19.0. The van der Waals surface area contributed by atoms with Gasteiger partial charge in [-0.15, -0.1) is 0 Å². The van der Waals surface area contributed by atoms with Crippen LogP contribution in [0.2, 0.25) is 0 Å². The van der Waals surface area contributed by atoms with E-state index in [0.717, 1.165) is 0 Å². The number of carbonyl (C=O) groups excluding carboxylic acids is 1. The van der Waals surface area contributed by atoms with Crippen molar-refractivity contribution in [2.45, 2.75) is 24.5 Å². The highest BCUT2D eigenvalue weighted by Gasteiger charge is 2.44. The second kappa shape index (κ2) is 7.00. The standard InChI is InChI=1S/C17H17N5O5/c23-7-11-12(24)13(25)17(27-11)22-15-10(6-20-22)14(18-8-19-15)21-16(26)9-4-2-1-3-5-9/h1-6,8,11-13,17,23-25H,7H2,(H,18,19,21,26). The Labute approximate surface area is 153 Å². The van der Waals surface area contributed by atoms with E-state index in [2.05, 4.69) is 20.4 Å². The number of benzene rings is 1. The van der Waals surface area contributed by atoms with Crippen molar-refractivity contribution >= 4 is 22.8 Å². The van der Waals surface area contributed by atoms with Crippen LogP contribution in [0, 0.1) is 0 Å². The van der Waals surface area contributed by atoms with Crippen LogP contribution in [-0.2, 0) is 4.74 Å². The maximum absolute atomic E-state index is 12.4. The number of aliphatic hydroxyl groups is 3. The zero-order valence-electron chi connectivity index (χ0n) is 14.0. The summed E-state index contributed by atoms with van der Waals surface area (Å²) in [6.45, 7) is -0.443. The fourth-order valence-electron chi connectivity index (χ4n) is 3.00. The third-order valence-electron chi connectivity index (χ3n) is 4.42. The third kappa shape index (κ3) is 3.04. The normalized spacial score (nSPS) is 25.0. The lowest BCUT2D eigenvalue weighted by Crippen LogP contribution is -2.33. The van der Waals surface area contributed by atoms with Gasteiger partial charge in [0.05, 0.1) is 18.2 Å². The minimum atomic E-state index is -1.29. The van der Waals surface area contributed by atoms with E-state index < -0.39 is 31.1 Å². The largest absolute Gasteiger partial charge is 0.394 e. The Morgan fingerprint density at radius 3 is 2.67 bits per heavy atom. The molecule has 1 aliphatic heterocycles. The highest BCUT2D eigenvalue weighted by molar-refractivity contribution is 6.07. The average molecular weight is 371 g/mol. The Hall–Kier alpha value is -2.92. The Balaban J connectivity index is 1.65. The number of hydrogen-bond acceptors (Lipinski definition) is 8. The van der Waals surface area contributed by atoms with E-state index in [-0.39, 0.29) is 11.7 Å². The Kier molecular flexibility index (Phi) is 4.54. The van der Waals surface area contributed by atoms with Crippen molar-refractivity contribution in [3.8, 4) is 0 Å². The van der Waals surface area contributed by atoms with Gasteiger partial charge >= 0.3 is 0 Å². The molecule has 10 heteroatoms. The van der Waals surface area contributed by atoms with E-state index >= 15 is 0 Å². The van der Waals surface area contributed by atoms with Gasteiger partial charge in [0.25, 0.3) is 5.91 Å². The predicted molar refractivity (Wildman–Crippen MR) is 92.7 cm³/mol. The number of aromatic nitrogens is 4. The first kappa shape index (κ1) is 17.5. The van der Waals surface area contributed by atoms with Crippen LogP contribution in [0.15, 0.2) is 42.9 Å². The summed E-state index contributed by atoms with van der Waals surface area (Å²) in [6, 6.07) is 8.67. The average Bonchev–Trinajstić information content (AvgIpc) is 3.25. The summed E-state index contributed by atoms with van der Waals surface area (Å²) in [5, 5.41) is 36.7. The summed E-state index contributed by atoms with van der Waals surface area (Å²) >= 11 is 0. The number of anilines is 1. The van der Waals surface area contributed by atoms with Gasteiger partial charge in [-0.2, -0.15) is 5.10 Å². The molecule has 0 bridgehead atoms. The minimum absolute atomic E-state index is 0.256. The number of nitrogens with zero attached hydrogens (tertiary/aromatic N) is 4. The molecular weight excluding hydrogens is 354 g/mol. The summed E-state index contributed by atoms with van der Waals surface area (Å²) in [7, 11) is 0. The molecule has 2 aromatic heterocycles. The van der Waals surface area contributed by atoms with Gasteiger partial charge in [-0.25, -0.2) is 14.6 Å². The molecule has 1 amide bonds. The van der Waals surface area contributed by atoms with Crippen LogP contribution in [0.4, 0.5) is 5.82 Å². The van der Waals surface area contributed by atoms with Crippen LogP contribution in [0.3, 0.4) is 0 Å². The fourth-order valence-corrected chi connectivity index (χ4v) is 3.00. The lowest BCUT2D eigenvalue weighted by molar-refractivity contribution is -0.0566. The highest BCUT2D eigenvalue weighted by atomic mass is 16.6. The minimum Gasteiger partial charge on any atom is -0.394 e. The topological polar surface area (TPSA) is 143 Å². The third-order valence-corrected chi connectivity index (χ3v) is 4.42. The molecule has 10 nitrogen and oxygen atoms in total. The Morgan fingerprint density at radius 1 is 1.19 bits per heavy atom. The number of rotatable bonds is 4. The number of hydrogen-bond donors (Lipinski definition) is 4. The number of amides is 1. The number of carbonyl (C=O) groups is 1. The van der Waals surface area contributed by atoms with E-state index in [1.165, 1.54) is 17.2 Å². The van der Waals surface area contributed by atoms with E-state index in [1.54, 1.807) is 24.3 Å². The molecular formula is C17H17N5O5. The van der Waals surface area contributed by atoms with Crippen LogP contribution in [0.1, 0.15) is 16.6 Å². The van der Waals surface area contributed by atoms with Crippen molar-refractivity contribution in [2.75, 3.05) is 11.9 Å². The summed E-state index contributed by atoms with van der Waals surface area (Å²) in [5.74, 6) is -0.0804. The molecule has 0 aliphatic carbocycles. The molecule has 1 aliphatic rings. The Morgan fingerprint density at radius 2 is 1.96 bits per heavy atom. The molecule has 3 heterocycles. The predicted octanol–water partition coefficient (Wildman–Crippen LogP) is -0.310. The molecule has 4 atom stereocenters. The van der Waals surface area contributed by atoms with Gasteiger partial charge in [0.15, 0.2) is 11.9 Å². The number of fused-ring (bicyclic) bond motifs is 1. The molecule has 4 unspecified atom stereocenters. The SMILES string of the molecule is O=C(Nc1ncnc2c1cnn2C1OC(CO)C(O)C1O)c1ccccc1. The van der Waals surface area contributed by atoms with Gasteiger partial charge in [0.2, 0.25) is 0 Å². The van der Waals surface area contributed by atoms with Crippen LogP contribution in [0.25, 0.3) is 11.0 Å². The second-order valence-electron chi connectivity index (χ2n) is 6.10. The highest BCUT2D eigenvalue weighted by Crippen LogP contribution is 2.31. The quantitative estimate of drug-likeness (QED) is 0.489. The van der Waals surface area contributed by atoms with E-state index in [9.17, 15) is 20.1 Å². The molecule has 0 radical (unpaired) electrons. The van der Waals surface area contributed by atoms with Crippen molar-refractivity contribution in [2.24, 2.45) is 0 Å². The van der Waals surface area contributed by atoms with Gasteiger partial charge in [0.1, 0.15) is 30.5 Å². The van der Waals surface area contributed by atoms with Crippen molar-refractivity contribution in [1.29, 1.82) is 0 Å². The first-order valence-electron chi connectivity index (χ1n) is 8.27. The lowest BCUT2D eigenvalue weighted by atomic mass is 10.1. The molecule has 0 spiro atoms. The molecule has 1 aromatic carbocycles. The molecule has 27 heavy (non-hydrogen) atoms. The van der Waals surface area contributed by atoms with Gasteiger partial charge in [-0.3, -0.25) is 4.79 Å². The molecule has 0 saturated carbocycles. The van der Waals surface area contributed by atoms with Crippen LogP contribution in [-0.4, -0.2) is 65.9 Å². The van der Waals surface area contributed by atoms with Crippen molar-refractivity contribution in [3.63, 3.8) is 0 Å². The fraction of sp³-hybridized carbons (Fsp3) is 0.294. The molecule has 1 saturated heterocycles. The van der Waals surface area contributed by atoms with Crippen molar-refractivity contribution in [3.05, 3.63) is 48.4 Å². The summed E-state index contributed by atoms with van der Waals surface area (Å²) in [4.78, 5) is 20.6. The molecule has 1 fully saturated rings. The maximum atomic E-state index is 12.4. The number of aliphatic hydroxyl groups excluding tert-OH is 3. The number of nitrogens with one attached hydrogen (secondary N) is 1.